The van der Waals surface area contributed by atoms with Crippen LogP contribution in [-0.4, -0.2) is 56.4 Å². The molecule has 1 saturated heterocycles. The van der Waals surface area contributed by atoms with Gasteiger partial charge in [-0.3, -0.25) is 9.80 Å². The number of benzene rings is 2. The average Bonchev–Trinajstić information content (AvgIpc) is 3.17. The molecule has 0 unspecified atom stereocenters. The van der Waals surface area contributed by atoms with Gasteiger partial charge in [0.15, 0.2) is 11.5 Å². The third kappa shape index (κ3) is 4.43. The van der Waals surface area contributed by atoms with Crippen LogP contribution in [-0.2, 0) is 6.54 Å². The van der Waals surface area contributed by atoms with Gasteiger partial charge >= 0.3 is 0 Å². The lowest BCUT2D eigenvalue weighted by Gasteiger charge is -2.34. The lowest BCUT2D eigenvalue weighted by atomic mass is 10.1. The predicted molar refractivity (Wildman–Crippen MR) is 106 cm³/mol. The Morgan fingerprint density at radius 1 is 0.963 bits per heavy atom. The van der Waals surface area contributed by atoms with Crippen molar-refractivity contribution in [1.82, 2.24) is 9.80 Å². The number of nitrogens with zero attached hydrogens (tertiary/aromatic N) is 2. The van der Waals surface area contributed by atoms with Gasteiger partial charge in [0.05, 0.1) is 7.11 Å². The zero-order valence-electron chi connectivity index (χ0n) is 15.8. The van der Waals surface area contributed by atoms with Crippen molar-refractivity contribution < 1.29 is 14.2 Å². The first-order chi connectivity index (χ1) is 13.3. The van der Waals surface area contributed by atoms with Crippen molar-refractivity contribution in [3.05, 3.63) is 59.7 Å². The standard InChI is InChI=1S/C22H26N2O3/c1-25-20-7-3-2-5-19(20)6-4-10-23-11-13-24(14-12-23)16-18-8-9-21-22(15-18)27-17-26-21/h2-9,15H,10-14,16-17H2,1H3. The molecule has 4 rings (SSSR count). The summed E-state index contributed by atoms with van der Waals surface area (Å²) in [5.74, 6) is 2.64. The van der Waals surface area contributed by atoms with E-state index in [2.05, 4.69) is 40.2 Å². The van der Waals surface area contributed by atoms with E-state index in [9.17, 15) is 0 Å². The highest BCUT2D eigenvalue weighted by molar-refractivity contribution is 5.57. The quantitative estimate of drug-likeness (QED) is 0.784. The van der Waals surface area contributed by atoms with Gasteiger partial charge in [-0.1, -0.05) is 36.4 Å². The molecule has 5 nitrogen and oxygen atoms in total. The Morgan fingerprint density at radius 3 is 2.59 bits per heavy atom. The highest BCUT2D eigenvalue weighted by Gasteiger charge is 2.18. The maximum atomic E-state index is 5.48. The van der Waals surface area contributed by atoms with Gasteiger partial charge in [-0.05, 0) is 23.8 Å². The number of fused-ring (bicyclic) bond motifs is 1. The number of methoxy groups -OCH3 is 1. The van der Waals surface area contributed by atoms with Gasteiger partial charge in [-0.15, -0.1) is 0 Å². The molecule has 27 heavy (non-hydrogen) atoms. The highest BCUT2D eigenvalue weighted by atomic mass is 16.7. The molecule has 2 aromatic rings. The Morgan fingerprint density at radius 2 is 1.74 bits per heavy atom. The Balaban J connectivity index is 1.25. The van der Waals surface area contributed by atoms with E-state index >= 15 is 0 Å². The van der Waals surface area contributed by atoms with Gasteiger partial charge in [0, 0.05) is 44.8 Å². The van der Waals surface area contributed by atoms with Crippen molar-refractivity contribution in [2.45, 2.75) is 6.54 Å². The molecule has 2 aliphatic rings. The van der Waals surface area contributed by atoms with E-state index in [-0.39, 0.29) is 0 Å². The van der Waals surface area contributed by atoms with Crippen LogP contribution in [0.4, 0.5) is 0 Å². The molecule has 142 valence electrons. The fourth-order valence-corrected chi connectivity index (χ4v) is 3.56. The summed E-state index contributed by atoms with van der Waals surface area (Å²) in [5, 5.41) is 0. The topological polar surface area (TPSA) is 34.2 Å². The van der Waals surface area contributed by atoms with Crippen LogP contribution in [0.15, 0.2) is 48.5 Å². The number of para-hydroxylation sites is 1. The Hall–Kier alpha value is -2.50. The Labute approximate surface area is 160 Å². The van der Waals surface area contributed by atoms with E-state index in [4.69, 9.17) is 14.2 Å². The second-order valence-corrected chi connectivity index (χ2v) is 6.91. The number of hydrogen-bond acceptors (Lipinski definition) is 5. The summed E-state index contributed by atoms with van der Waals surface area (Å²) in [6, 6.07) is 14.4. The van der Waals surface area contributed by atoms with Crippen LogP contribution in [0.25, 0.3) is 6.08 Å². The van der Waals surface area contributed by atoms with Crippen LogP contribution in [0.3, 0.4) is 0 Å². The van der Waals surface area contributed by atoms with Crippen molar-refractivity contribution in [1.29, 1.82) is 0 Å². The number of ether oxygens (including phenoxy) is 3. The SMILES string of the molecule is COc1ccccc1C=CCN1CCN(Cc2ccc3c(c2)OCO3)CC1. The van der Waals surface area contributed by atoms with Crippen LogP contribution < -0.4 is 14.2 Å². The van der Waals surface area contributed by atoms with Crippen molar-refractivity contribution in [2.24, 2.45) is 0 Å². The summed E-state index contributed by atoms with van der Waals surface area (Å²) in [5.41, 5.74) is 2.41. The third-order valence-electron chi connectivity index (χ3n) is 5.11. The van der Waals surface area contributed by atoms with E-state index in [1.54, 1.807) is 7.11 Å². The number of rotatable bonds is 6. The van der Waals surface area contributed by atoms with Crippen molar-refractivity contribution >= 4 is 6.08 Å². The highest BCUT2D eigenvalue weighted by Crippen LogP contribution is 2.32. The van der Waals surface area contributed by atoms with E-state index < -0.39 is 0 Å². The van der Waals surface area contributed by atoms with Gasteiger partial charge in [-0.2, -0.15) is 0 Å². The van der Waals surface area contributed by atoms with Gasteiger partial charge in [0.25, 0.3) is 0 Å². The maximum absolute atomic E-state index is 5.48. The molecule has 0 radical (unpaired) electrons. The summed E-state index contributed by atoms with van der Waals surface area (Å²) < 4.78 is 16.3. The van der Waals surface area contributed by atoms with E-state index in [1.165, 1.54) is 5.56 Å². The third-order valence-corrected chi connectivity index (χ3v) is 5.11. The molecule has 2 heterocycles. The van der Waals surface area contributed by atoms with Gasteiger partial charge in [0.1, 0.15) is 5.75 Å². The predicted octanol–water partition coefficient (Wildman–Crippen LogP) is 3.25. The fourth-order valence-electron chi connectivity index (χ4n) is 3.56. The number of piperazine rings is 1. The van der Waals surface area contributed by atoms with Crippen molar-refractivity contribution in [3.8, 4) is 17.2 Å². The molecule has 2 aliphatic heterocycles. The van der Waals surface area contributed by atoms with Gasteiger partial charge in [-0.25, -0.2) is 0 Å². The second kappa shape index (κ2) is 8.46. The van der Waals surface area contributed by atoms with Crippen LogP contribution in [0, 0.1) is 0 Å². The largest absolute Gasteiger partial charge is 0.496 e. The first kappa shape index (κ1) is 17.9. The van der Waals surface area contributed by atoms with Crippen LogP contribution in [0.1, 0.15) is 11.1 Å². The monoisotopic (exact) mass is 366 g/mol. The maximum Gasteiger partial charge on any atom is 0.231 e. The Bertz CT molecular complexity index is 798. The minimum atomic E-state index is 0.333. The van der Waals surface area contributed by atoms with Crippen LogP contribution in [0.5, 0.6) is 17.2 Å². The summed E-state index contributed by atoms with van der Waals surface area (Å²) in [6.45, 7) is 6.59. The molecule has 0 aromatic heterocycles. The first-order valence-corrected chi connectivity index (χ1v) is 9.44. The molecule has 2 aromatic carbocycles. The average molecular weight is 366 g/mol. The van der Waals surface area contributed by atoms with Crippen LogP contribution >= 0.6 is 0 Å². The summed E-state index contributed by atoms with van der Waals surface area (Å²) in [7, 11) is 1.71. The summed E-state index contributed by atoms with van der Waals surface area (Å²) in [6.07, 6.45) is 4.38. The molecule has 0 saturated carbocycles. The molecular weight excluding hydrogens is 340 g/mol. The fraction of sp³-hybridized carbons (Fsp3) is 0.364. The normalized spacial score (nSPS) is 17.5. The smallest absolute Gasteiger partial charge is 0.231 e. The molecule has 0 aliphatic carbocycles. The molecule has 5 heteroatoms. The molecule has 0 bridgehead atoms. The molecule has 1 fully saturated rings. The van der Waals surface area contributed by atoms with E-state index in [1.807, 2.05) is 24.3 Å². The van der Waals surface area contributed by atoms with Crippen molar-refractivity contribution in [3.63, 3.8) is 0 Å². The summed E-state index contributed by atoms with van der Waals surface area (Å²) in [4.78, 5) is 4.99. The van der Waals surface area contributed by atoms with E-state index in [0.29, 0.717) is 6.79 Å². The zero-order valence-corrected chi connectivity index (χ0v) is 15.8. The molecular formula is C22H26N2O3. The minimum absolute atomic E-state index is 0.333. The van der Waals surface area contributed by atoms with E-state index in [0.717, 1.165) is 62.1 Å². The lowest BCUT2D eigenvalue weighted by molar-refractivity contribution is 0.137. The lowest BCUT2D eigenvalue weighted by Crippen LogP contribution is -2.45. The zero-order chi connectivity index (χ0) is 18.5. The molecule has 0 atom stereocenters. The first-order valence-electron chi connectivity index (χ1n) is 9.44. The van der Waals surface area contributed by atoms with Crippen molar-refractivity contribution in [2.75, 3.05) is 46.6 Å². The number of hydrogen-bond donors (Lipinski definition) is 0. The van der Waals surface area contributed by atoms with Crippen LogP contribution in [0.2, 0.25) is 0 Å². The summed E-state index contributed by atoms with van der Waals surface area (Å²) >= 11 is 0. The molecule has 0 amide bonds. The second-order valence-electron chi connectivity index (χ2n) is 6.91. The minimum Gasteiger partial charge on any atom is -0.496 e. The van der Waals surface area contributed by atoms with Gasteiger partial charge < -0.3 is 14.2 Å². The Kier molecular flexibility index (Phi) is 5.61. The van der Waals surface area contributed by atoms with Gasteiger partial charge in [0.2, 0.25) is 6.79 Å². The molecule has 0 spiro atoms. The molecule has 0 N–H and O–H groups in total.